The van der Waals surface area contributed by atoms with E-state index < -0.39 is 0 Å². The van der Waals surface area contributed by atoms with E-state index >= 15 is 0 Å². The lowest BCUT2D eigenvalue weighted by atomic mass is 10.1. The average molecular weight is 240 g/mol. The standard InChI is InChI=1S/C12H18ClN3/c1-3-15-12(14-2)16-8-7-10-5-4-6-11(13)9-10/h4-6,9H,3,7-8H2,1-2H3,(H2,14,15,16). The lowest BCUT2D eigenvalue weighted by Crippen LogP contribution is -2.38. The highest BCUT2D eigenvalue weighted by Crippen LogP contribution is 2.10. The zero-order valence-electron chi connectivity index (χ0n) is 9.76. The number of hydrogen-bond donors (Lipinski definition) is 2. The van der Waals surface area contributed by atoms with Crippen molar-refractivity contribution in [2.45, 2.75) is 13.3 Å². The van der Waals surface area contributed by atoms with Gasteiger partial charge in [-0.25, -0.2) is 0 Å². The molecular weight excluding hydrogens is 222 g/mol. The number of rotatable bonds is 4. The molecule has 1 aromatic carbocycles. The van der Waals surface area contributed by atoms with Crippen LogP contribution in [0.1, 0.15) is 12.5 Å². The highest BCUT2D eigenvalue weighted by Gasteiger charge is 1.96. The first-order valence-corrected chi connectivity index (χ1v) is 5.83. The quantitative estimate of drug-likeness (QED) is 0.624. The van der Waals surface area contributed by atoms with E-state index in [-0.39, 0.29) is 0 Å². The molecular formula is C12H18ClN3. The summed E-state index contributed by atoms with van der Waals surface area (Å²) in [4.78, 5) is 4.09. The Kier molecular flexibility index (Phi) is 5.72. The van der Waals surface area contributed by atoms with Crippen molar-refractivity contribution >= 4 is 17.6 Å². The van der Waals surface area contributed by atoms with Crippen molar-refractivity contribution in [3.05, 3.63) is 34.9 Å². The summed E-state index contributed by atoms with van der Waals surface area (Å²) >= 11 is 5.91. The minimum Gasteiger partial charge on any atom is -0.357 e. The molecule has 0 amide bonds. The first-order chi connectivity index (χ1) is 7.76. The summed E-state index contributed by atoms with van der Waals surface area (Å²) in [5, 5.41) is 7.16. The molecule has 0 aromatic heterocycles. The van der Waals surface area contributed by atoms with Crippen molar-refractivity contribution in [1.29, 1.82) is 0 Å². The molecule has 0 unspecified atom stereocenters. The number of nitrogens with zero attached hydrogens (tertiary/aromatic N) is 1. The van der Waals surface area contributed by atoms with Crippen LogP contribution in [0.2, 0.25) is 5.02 Å². The molecule has 4 heteroatoms. The second-order valence-corrected chi connectivity index (χ2v) is 3.85. The van der Waals surface area contributed by atoms with Gasteiger partial charge in [-0.05, 0) is 31.0 Å². The summed E-state index contributed by atoms with van der Waals surface area (Å²) in [7, 11) is 1.77. The molecule has 0 atom stereocenters. The fourth-order valence-corrected chi connectivity index (χ4v) is 1.62. The van der Waals surface area contributed by atoms with Gasteiger partial charge in [-0.15, -0.1) is 0 Å². The topological polar surface area (TPSA) is 36.4 Å². The van der Waals surface area contributed by atoms with Crippen molar-refractivity contribution in [2.75, 3.05) is 20.1 Å². The Morgan fingerprint density at radius 3 is 2.81 bits per heavy atom. The Morgan fingerprint density at radius 2 is 2.19 bits per heavy atom. The summed E-state index contributed by atoms with van der Waals surface area (Å²) < 4.78 is 0. The summed E-state index contributed by atoms with van der Waals surface area (Å²) in [6, 6.07) is 7.91. The SMILES string of the molecule is CCNC(=NC)NCCc1cccc(Cl)c1. The van der Waals surface area contributed by atoms with E-state index in [0.717, 1.165) is 30.5 Å². The van der Waals surface area contributed by atoms with Gasteiger partial charge in [0.15, 0.2) is 5.96 Å². The van der Waals surface area contributed by atoms with Gasteiger partial charge in [0.1, 0.15) is 0 Å². The minimum atomic E-state index is 0.786. The monoisotopic (exact) mass is 239 g/mol. The zero-order chi connectivity index (χ0) is 11.8. The summed E-state index contributed by atoms with van der Waals surface area (Å²) in [6.45, 7) is 3.76. The molecule has 1 rings (SSSR count). The van der Waals surface area contributed by atoms with Gasteiger partial charge in [-0.2, -0.15) is 0 Å². The maximum absolute atomic E-state index is 5.91. The fraction of sp³-hybridized carbons (Fsp3) is 0.417. The number of halogens is 1. The lowest BCUT2D eigenvalue weighted by Gasteiger charge is -2.10. The summed E-state index contributed by atoms with van der Waals surface area (Å²) in [5.74, 6) is 0.838. The van der Waals surface area contributed by atoms with Gasteiger partial charge >= 0.3 is 0 Å². The molecule has 3 nitrogen and oxygen atoms in total. The third-order valence-corrected chi connectivity index (χ3v) is 2.40. The predicted molar refractivity (Wildman–Crippen MR) is 70.2 cm³/mol. The van der Waals surface area contributed by atoms with Crippen LogP contribution in [0.25, 0.3) is 0 Å². The molecule has 0 heterocycles. The third kappa shape index (κ3) is 4.53. The molecule has 0 aliphatic carbocycles. The Bertz CT molecular complexity index is 350. The molecule has 0 saturated carbocycles. The Labute approximate surface area is 102 Å². The Morgan fingerprint density at radius 1 is 1.38 bits per heavy atom. The molecule has 0 saturated heterocycles. The third-order valence-electron chi connectivity index (χ3n) is 2.16. The highest BCUT2D eigenvalue weighted by atomic mass is 35.5. The second kappa shape index (κ2) is 7.12. The van der Waals surface area contributed by atoms with E-state index in [4.69, 9.17) is 11.6 Å². The van der Waals surface area contributed by atoms with E-state index in [1.165, 1.54) is 5.56 Å². The Hall–Kier alpha value is -1.22. The van der Waals surface area contributed by atoms with Crippen molar-refractivity contribution in [3.63, 3.8) is 0 Å². The lowest BCUT2D eigenvalue weighted by molar-refractivity contribution is 0.810. The van der Waals surface area contributed by atoms with Gasteiger partial charge in [0.25, 0.3) is 0 Å². The number of aliphatic imine (C=N–C) groups is 1. The van der Waals surface area contributed by atoms with Crippen LogP contribution in [-0.4, -0.2) is 26.1 Å². The van der Waals surface area contributed by atoms with Gasteiger partial charge in [-0.3, -0.25) is 4.99 Å². The van der Waals surface area contributed by atoms with E-state index in [1.807, 2.05) is 25.1 Å². The maximum Gasteiger partial charge on any atom is 0.190 e. The molecule has 0 aliphatic rings. The number of benzene rings is 1. The fourth-order valence-electron chi connectivity index (χ4n) is 1.41. The first-order valence-electron chi connectivity index (χ1n) is 5.45. The normalized spacial score (nSPS) is 11.3. The van der Waals surface area contributed by atoms with Gasteiger partial charge < -0.3 is 10.6 Å². The summed E-state index contributed by atoms with van der Waals surface area (Å²) in [5.41, 5.74) is 1.23. The van der Waals surface area contributed by atoms with E-state index in [1.54, 1.807) is 7.05 Å². The Balaban J connectivity index is 2.35. The predicted octanol–water partition coefficient (Wildman–Crippen LogP) is 2.07. The van der Waals surface area contributed by atoms with E-state index in [2.05, 4.69) is 21.7 Å². The van der Waals surface area contributed by atoms with Crippen LogP contribution in [0.4, 0.5) is 0 Å². The molecule has 0 aliphatic heterocycles. The van der Waals surface area contributed by atoms with Gasteiger partial charge in [-0.1, -0.05) is 23.7 Å². The van der Waals surface area contributed by atoms with Crippen molar-refractivity contribution in [2.24, 2.45) is 4.99 Å². The van der Waals surface area contributed by atoms with Crippen LogP contribution in [0.5, 0.6) is 0 Å². The number of guanidine groups is 1. The van der Waals surface area contributed by atoms with Crippen LogP contribution < -0.4 is 10.6 Å². The van der Waals surface area contributed by atoms with Crippen molar-refractivity contribution in [1.82, 2.24) is 10.6 Å². The first kappa shape index (κ1) is 12.8. The van der Waals surface area contributed by atoms with Crippen LogP contribution in [-0.2, 0) is 6.42 Å². The van der Waals surface area contributed by atoms with Crippen LogP contribution in [0.15, 0.2) is 29.3 Å². The highest BCUT2D eigenvalue weighted by molar-refractivity contribution is 6.30. The van der Waals surface area contributed by atoms with Crippen LogP contribution >= 0.6 is 11.6 Å². The largest absolute Gasteiger partial charge is 0.357 e. The molecule has 0 spiro atoms. The van der Waals surface area contributed by atoms with Gasteiger partial charge in [0.05, 0.1) is 0 Å². The molecule has 16 heavy (non-hydrogen) atoms. The minimum absolute atomic E-state index is 0.786. The number of nitrogens with one attached hydrogen (secondary N) is 2. The number of hydrogen-bond acceptors (Lipinski definition) is 1. The van der Waals surface area contributed by atoms with Crippen LogP contribution in [0, 0.1) is 0 Å². The molecule has 0 fully saturated rings. The maximum atomic E-state index is 5.91. The smallest absolute Gasteiger partial charge is 0.190 e. The van der Waals surface area contributed by atoms with Gasteiger partial charge in [0, 0.05) is 25.2 Å². The average Bonchev–Trinajstić information content (AvgIpc) is 2.28. The van der Waals surface area contributed by atoms with Crippen molar-refractivity contribution < 1.29 is 0 Å². The molecule has 2 N–H and O–H groups in total. The van der Waals surface area contributed by atoms with Gasteiger partial charge in [0.2, 0.25) is 0 Å². The summed E-state index contributed by atoms with van der Waals surface area (Å²) in [6.07, 6.45) is 0.935. The van der Waals surface area contributed by atoms with Crippen molar-refractivity contribution in [3.8, 4) is 0 Å². The molecule has 0 bridgehead atoms. The zero-order valence-corrected chi connectivity index (χ0v) is 10.5. The van der Waals surface area contributed by atoms with Crippen LogP contribution in [0.3, 0.4) is 0 Å². The van der Waals surface area contributed by atoms with E-state index in [9.17, 15) is 0 Å². The molecule has 0 radical (unpaired) electrons. The molecule has 1 aromatic rings. The van der Waals surface area contributed by atoms with E-state index in [0.29, 0.717) is 0 Å². The molecule has 88 valence electrons. The second-order valence-electron chi connectivity index (χ2n) is 3.41.